The number of anilines is 1. The molecule has 1 aromatic carbocycles. The molecule has 4 rings (SSSR count). The predicted molar refractivity (Wildman–Crippen MR) is 82.9 cm³/mol. The zero-order chi connectivity index (χ0) is 14.4. The third-order valence-corrected chi connectivity index (χ3v) is 5.39. The highest BCUT2D eigenvalue weighted by atomic mass is 35.5. The molecule has 4 nitrogen and oxygen atoms in total. The number of amides is 1. The lowest BCUT2D eigenvalue weighted by atomic mass is 9.95. The Hall–Kier alpha value is -1.46. The molecule has 0 atom stereocenters. The van der Waals surface area contributed by atoms with Gasteiger partial charge in [0.1, 0.15) is 5.01 Å². The first-order chi connectivity index (χ1) is 10.2. The Morgan fingerprint density at radius 3 is 2.81 bits per heavy atom. The van der Waals surface area contributed by atoms with Gasteiger partial charge in [0.05, 0.1) is 5.41 Å². The maximum atomic E-state index is 12.6. The summed E-state index contributed by atoms with van der Waals surface area (Å²) in [5, 5.41) is 13.5. The number of aromatic nitrogens is 2. The number of nitrogens with one attached hydrogen (secondary N) is 1. The van der Waals surface area contributed by atoms with Gasteiger partial charge in [0, 0.05) is 10.9 Å². The second-order valence-electron chi connectivity index (χ2n) is 5.77. The number of hydrogen-bond donors (Lipinski definition) is 1. The Bertz CT molecular complexity index is 706. The normalized spacial score (nSPS) is 19.3. The average molecular weight is 320 g/mol. The van der Waals surface area contributed by atoms with Gasteiger partial charge in [0.25, 0.3) is 0 Å². The van der Waals surface area contributed by atoms with E-state index in [0.717, 1.165) is 23.4 Å². The van der Waals surface area contributed by atoms with Crippen molar-refractivity contribution in [3.05, 3.63) is 39.9 Å². The molecule has 0 unspecified atom stereocenters. The second-order valence-corrected chi connectivity index (χ2v) is 7.21. The number of nitrogens with zero attached hydrogens (tertiary/aromatic N) is 2. The minimum absolute atomic E-state index is 0.00302. The van der Waals surface area contributed by atoms with E-state index < -0.39 is 5.41 Å². The molecule has 0 saturated heterocycles. The maximum absolute atomic E-state index is 12.6. The third kappa shape index (κ3) is 2.45. The van der Waals surface area contributed by atoms with Crippen molar-refractivity contribution in [3.8, 4) is 0 Å². The first kappa shape index (κ1) is 13.2. The van der Waals surface area contributed by atoms with Crippen LogP contribution in [0.15, 0.2) is 24.3 Å². The summed E-state index contributed by atoms with van der Waals surface area (Å²) in [6.07, 6.45) is 4.09. The predicted octanol–water partition coefficient (Wildman–Crippen LogP) is 3.74. The van der Waals surface area contributed by atoms with Crippen molar-refractivity contribution in [1.82, 2.24) is 10.2 Å². The smallest absolute Gasteiger partial charge is 0.236 e. The summed E-state index contributed by atoms with van der Waals surface area (Å²) in [5.74, 6) is 0.569. The number of carbonyl (C=O) groups is 1. The lowest BCUT2D eigenvalue weighted by Gasteiger charge is -2.14. The van der Waals surface area contributed by atoms with Gasteiger partial charge in [0.2, 0.25) is 11.0 Å². The summed E-state index contributed by atoms with van der Waals surface area (Å²) in [6.45, 7) is 0. The Morgan fingerprint density at radius 2 is 2.14 bits per heavy atom. The third-order valence-electron chi connectivity index (χ3n) is 4.15. The number of halogens is 1. The van der Waals surface area contributed by atoms with Crippen LogP contribution < -0.4 is 5.32 Å². The van der Waals surface area contributed by atoms with E-state index in [9.17, 15) is 4.79 Å². The Labute approximate surface area is 131 Å². The van der Waals surface area contributed by atoms with E-state index in [1.54, 1.807) is 0 Å². The largest absolute Gasteiger partial charge is 0.300 e. The second kappa shape index (κ2) is 4.78. The fraction of sp³-hybridized carbons (Fsp3) is 0.400. The first-order valence-corrected chi connectivity index (χ1v) is 8.28. The Balaban J connectivity index is 1.53. The van der Waals surface area contributed by atoms with E-state index >= 15 is 0 Å². The van der Waals surface area contributed by atoms with E-state index in [1.165, 1.54) is 24.2 Å². The number of benzene rings is 1. The molecule has 1 heterocycles. The summed E-state index contributed by atoms with van der Waals surface area (Å²) in [5.41, 5.74) is 0.551. The molecule has 1 aromatic heterocycles. The van der Waals surface area contributed by atoms with Crippen molar-refractivity contribution >= 4 is 34.0 Å². The number of hydrogen-bond acceptors (Lipinski definition) is 4. The Kier molecular flexibility index (Phi) is 3.01. The van der Waals surface area contributed by atoms with E-state index in [1.807, 2.05) is 24.3 Å². The molecule has 108 valence electrons. The van der Waals surface area contributed by atoms with Gasteiger partial charge in [-0.3, -0.25) is 10.1 Å². The van der Waals surface area contributed by atoms with Crippen LogP contribution >= 0.6 is 22.9 Å². The van der Waals surface area contributed by atoms with Gasteiger partial charge >= 0.3 is 0 Å². The number of rotatable bonds is 4. The van der Waals surface area contributed by atoms with Gasteiger partial charge in [-0.2, -0.15) is 0 Å². The van der Waals surface area contributed by atoms with Crippen LogP contribution in [0.2, 0.25) is 5.02 Å². The van der Waals surface area contributed by atoms with E-state index in [4.69, 9.17) is 11.6 Å². The molecule has 2 saturated carbocycles. The molecule has 1 amide bonds. The molecule has 21 heavy (non-hydrogen) atoms. The Morgan fingerprint density at radius 1 is 1.33 bits per heavy atom. The summed E-state index contributed by atoms with van der Waals surface area (Å²) >= 11 is 7.53. The highest BCUT2D eigenvalue weighted by Gasteiger charge is 2.51. The van der Waals surface area contributed by atoms with Crippen molar-refractivity contribution in [3.63, 3.8) is 0 Å². The van der Waals surface area contributed by atoms with E-state index in [0.29, 0.717) is 16.1 Å². The highest BCUT2D eigenvalue weighted by molar-refractivity contribution is 7.15. The monoisotopic (exact) mass is 319 g/mol. The van der Waals surface area contributed by atoms with Crippen molar-refractivity contribution in [2.75, 3.05) is 5.32 Å². The standard InChI is InChI=1S/C15H14ClN3OS/c16-11-3-1-2-10(8-11)15(6-7-15)13(20)17-14-19-18-12(21-14)9-4-5-9/h1-3,8-9H,4-7H2,(H,17,19,20). The molecule has 0 bridgehead atoms. The summed E-state index contributed by atoms with van der Waals surface area (Å²) in [4.78, 5) is 12.6. The van der Waals surface area contributed by atoms with Crippen LogP contribution in [0.5, 0.6) is 0 Å². The summed E-state index contributed by atoms with van der Waals surface area (Å²) in [7, 11) is 0. The van der Waals surface area contributed by atoms with E-state index in [2.05, 4.69) is 15.5 Å². The topological polar surface area (TPSA) is 54.9 Å². The molecule has 0 aliphatic heterocycles. The molecular formula is C15H14ClN3OS. The molecule has 2 fully saturated rings. The molecular weight excluding hydrogens is 306 g/mol. The van der Waals surface area contributed by atoms with Crippen LogP contribution in [0.4, 0.5) is 5.13 Å². The minimum Gasteiger partial charge on any atom is -0.300 e. The zero-order valence-corrected chi connectivity index (χ0v) is 12.9. The molecule has 0 spiro atoms. The SMILES string of the molecule is O=C(Nc1nnc(C2CC2)s1)C1(c2cccc(Cl)c2)CC1. The molecule has 2 aliphatic carbocycles. The van der Waals surface area contributed by atoms with Crippen LogP contribution in [0.1, 0.15) is 42.2 Å². The highest BCUT2D eigenvalue weighted by Crippen LogP contribution is 2.49. The number of carbonyl (C=O) groups excluding carboxylic acids is 1. The van der Waals surface area contributed by atoms with Crippen molar-refractivity contribution < 1.29 is 4.79 Å². The summed E-state index contributed by atoms with van der Waals surface area (Å²) in [6, 6.07) is 7.56. The first-order valence-electron chi connectivity index (χ1n) is 7.08. The van der Waals surface area contributed by atoms with Crippen LogP contribution in [-0.2, 0) is 10.2 Å². The molecule has 1 N–H and O–H groups in total. The van der Waals surface area contributed by atoms with Crippen molar-refractivity contribution in [1.29, 1.82) is 0 Å². The summed E-state index contributed by atoms with van der Waals surface area (Å²) < 4.78 is 0. The van der Waals surface area contributed by atoms with Gasteiger partial charge in [0.15, 0.2) is 0 Å². The quantitative estimate of drug-likeness (QED) is 0.934. The van der Waals surface area contributed by atoms with Crippen LogP contribution in [0, 0.1) is 0 Å². The minimum atomic E-state index is -0.434. The maximum Gasteiger partial charge on any atom is 0.236 e. The fourth-order valence-corrected chi connectivity index (χ4v) is 3.65. The van der Waals surface area contributed by atoms with Crippen molar-refractivity contribution in [2.24, 2.45) is 0 Å². The van der Waals surface area contributed by atoms with Crippen LogP contribution in [0.25, 0.3) is 0 Å². The fourth-order valence-electron chi connectivity index (χ4n) is 2.56. The lowest BCUT2D eigenvalue weighted by molar-refractivity contribution is -0.118. The van der Waals surface area contributed by atoms with Gasteiger partial charge in [-0.1, -0.05) is 35.1 Å². The molecule has 2 aliphatic rings. The van der Waals surface area contributed by atoms with Gasteiger partial charge in [-0.05, 0) is 43.4 Å². The lowest BCUT2D eigenvalue weighted by Crippen LogP contribution is -2.27. The van der Waals surface area contributed by atoms with Crippen LogP contribution in [-0.4, -0.2) is 16.1 Å². The van der Waals surface area contributed by atoms with E-state index in [-0.39, 0.29) is 5.91 Å². The molecule has 6 heteroatoms. The van der Waals surface area contributed by atoms with Gasteiger partial charge in [-0.15, -0.1) is 10.2 Å². The molecule has 2 aromatic rings. The van der Waals surface area contributed by atoms with Gasteiger partial charge < -0.3 is 0 Å². The van der Waals surface area contributed by atoms with Gasteiger partial charge in [-0.25, -0.2) is 0 Å². The molecule has 0 radical (unpaired) electrons. The van der Waals surface area contributed by atoms with Crippen LogP contribution in [0.3, 0.4) is 0 Å². The average Bonchev–Trinajstić information content (AvgIpc) is 3.38. The zero-order valence-electron chi connectivity index (χ0n) is 11.3. The van der Waals surface area contributed by atoms with Crippen molar-refractivity contribution in [2.45, 2.75) is 37.0 Å².